The van der Waals surface area contributed by atoms with E-state index >= 15 is 0 Å². The molecule has 3 aromatic heterocycles. The minimum atomic E-state index is -0.295. The van der Waals surface area contributed by atoms with E-state index in [0.717, 1.165) is 41.2 Å². The van der Waals surface area contributed by atoms with Crippen molar-refractivity contribution >= 4 is 5.91 Å². The maximum atomic E-state index is 13.2. The molecule has 0 spiro atoms. The largest absolute Gasteiger partial charge is 0.344 e. The zero-order valence-corrected chi connectivity index (χ0v) is 17.8. The Hall–Kier alpha value is -4.01. The number of aromatic nitrogens is 7. The van der Waals surface area contributed by atoms with Crippen LogP contribution in [0.25, 0.3) is 16.9 Å². The molecule has 32 heavy (non-hydrogen) atoms. The smallest absolute Gasteiger partial charge is 0.251 e. The summed E-state index contributed by atoms with van der Waals surface area (Å²) in [5.74, 6) is 0.956. The number of benzene rings is 1. The van der Waals surface area contributed by atoms with Crippen molar-refractivity contribution in [3.8, 4) is 16.9 Å². The van der Waals surface area contributed by atoms with Gasteiger partial charge < -0.3 is 5.32 Å². The Morgan fingerprint density at radius 1 is 1.12 bits per heavy atom. The fraction of sp³-hybridized carbons (Fsp3) is 0.261. The van der Waals surface area contributed by atoms with E-state index < -0.39 is 0 Å². The highest BCUT2D eigenvalue weighted by Gasteiger charge is 2.30. The van der Waals surface area contributed by atoms with Crippen LogP contribution < -0.4 is 5.32 Å². The van der Waals surface area contributed by atoms with Gasteiger partial charge in [0.15, 0.2) is 5.82 Å². The van der Waals surface area contributed by atoms with Gasteiger partial charge in [0.25, 0.3) is 5.91 Å². The Morgan fingerprint density at radius 2 is 2.00 bits per heavy atom. The molecule has 1 saturated carbocycles. The summed E-state index contributed by atoms with van der Waals surface area (Å²) in [7, 11) is 0. The molecule has 1 aromatic carbocycles. The second-order valence-corrected chi connectivity index (χ2v) is 8.04. The van der Waals surface area contributed by atoms with Gasteiger partial charge in [-0.25, -0.2) is 0 Å². The number of nitrogens with one attached hydrogen (secondary N) is 1. The lowest BCUT2D eigenvalue weighted by molar-refractivity contribution is 0.0939. The highest BCUT2D eigenvalue weighted by Crippen LogP contribution is 2.39. The molecule has 0 aliphatic heterocycles. The van der Waals surface area contributed by atoms with E-state index in [-0.39, 0.29) is 11.9 Å². The molecular weight excluding hydrogens is 404 g/mol. The van der Waals surface area contributed by atoms with E-state index in [1.54, 1.807) is 29.3 Å². The van der Waals surface area contributed by atoms with E-state index in [2.05, 4.69) is 35.8 Å². The maximum Gasteiger partial charge on any atom is 0.251 e. The van der Waals surface area contributed by atoms with Crippen molar-refractivity contribution in [3.05, 3.63) is 77.8 Å². The van der Waals surface area contributed by atoms with Crippen molar-refractivity contribution < 1.29 is 4.79 Å². The van der Waals surface area contributed by atoms with E-state index in [0.29, 0.717) is 17.2 Å². The Morgan fingerprint density at radius 3 is 2.72 bits per heavy atom. The normalized spacial score (nSPS) is 14.2. The Bertz CT molecular complexity index is 1250. The summed E-state index contributed by atoms with van der Waals surface area (Å²) >= 11 is 0. The summed E-state index contributed by atoms with van der Waals surface area (Å²) in [6.07, 6.45) is 8.81. The predicted octanol–water partition coefficient (Wildman–Crippen LogP) is 3.19. The fourth-order valence-electron chi connectivity index (χ4n) is 3.51. The summed E-state index contributed by atoms with van der Waals surface area (Å²) < 4.78 is 1.72. The van der Waals surface area contributed by atoms with Gasteiger partial charge in [-0.2, -0.15) is 4.68 Å². The third kappa shape index (κ3) is 4.09. The van der Waals surface area contributed by atoms with Crippen molar-refractivity contribution in [2.45, 2.75) is 38.6 Å². The van der Waals surface area contributed by atoms with Gasteiger partial charge in [-0.3, -0.25) is 19.7 Å². The van der Waals surface area contributed by atoms with Gasteiger partial charge in [0.2, 0.25) is 0 Å². The van der Waals surface area contributed by atoms with Crippen molar-refractivity contribution in [2.75, 3.05) is 0 Å². The number of aryl methyl sites for hydroxylation is 1. The number of nitrogens with zero attached hydrogens (tertiary/aromatic N) is 7. The predicted molar refractivity (Wildman–Crippen MR) is 117 cm³/mol. The SMILES string of the molecule is Cc1ccc(-c2cc(C(=O)NC(C)c3cnccn3)cc(-n3nnnc3C3CC3)c2)nc1. The molecule has 1 atom stereocenters. The van der Waals surface area contributed by atoms with E-state index in [4.69, 9.17) is 0 Å². The van der Waals surface area contributed by atoms with Crippen LogP contribution in [0.4, 0.5) is 0 Å². The van der Waals surface area contributed by atoms with E-state index in [1.165, 1.54) is 0 Å². The fourth-order valence-corrected chi connectivity index (χ4v) is 3.51. The van der Waals surface area contributed by atoms with Crippen molar-refractivity contribution in [1.29, 1.82) is 0 Å². The molecule has 3 heterocycles. The molecule has 1 unspecified atom stereocenters. The first-order chi connectivity index (χ1) is 15.6. The molecule has 9 nitrogen and oxygen atoms in total. The number of carbonyl (C=O) groups is 1. The molecule has 160 valence electrons. The van der Waals surface area contributed by atoms with Crippen LogP contribution in [0.2, 0.25) is 0 Å². The van der Waals surface area contributed by atoms with Crippen LogP contribution in [0.1, 0.15) is 59.2 Å². The van der Waals surface area contributed by atoms with Crippen LogP contribution in [-0.4, -0.2) is 41.1 Å². The molecular formula is C23H22N8O. The highest BCUT2D eigenvalue weighted by atomic mass is 16.1. The van der Waals surface area contributed by atoms with Gasteiger partial charge in [0, 0.05) is 35.6 Å². The highest BCUT2D eigenvalue weighted by molar-refractivity contribution is 5.96. The summed E-state index contributed by atoms with van der Waals surface area (Å²) in [5.41, 5.74) is 4.57. The molecule has 0 saturated heterocycles. The molecule has 1 N–H and O–H groups in total. The van der Waals surface area contributed by atoms with Gasteiger partial charge in [-0.15, -0.1) is 5.10 Å². The first-order valence-corrected chi connectivity index (χ1v) is 10.5. The van der Waals surface area contributed by atoms with Crippen LogP contribution in [-0.2, 0) is 0 Å². The molecule has 1 aliphatic carbocycles. The molecule has 5 rings (SSSR count). The number of hydrogen-bond donors (Lipinski definition) is 1. The topological polar surface area (TPSA) is 111 Å². The summed E-state index contributed by atoms with van der Waals surface area (Å²) in [4.78, 5) is 26.1. The minimum absolute atomic E-state index is 0.223. The van der Waals surface area contributed by atoms with Gasteiger partial charge in [-0.1, -0.05) is 6.07 Å². The van der Waals surface area contributed by atoms with E-state index in [1.807, 2.05) is 44.3 Å². The number of carbonyl (C=O) groups excluding carboxylic acids is 1. The zero-order valence-electron chi connectivity index (χ0n) is 17.8. The standard InChI is InChI=1S/C23H22N8O/c1-14-3-6-20(26-12-14)17-9-18(23(32)27-15(2)21-13-24-7-8-25-21)11-19(10-17)31-22(16-4-5-16)28-29-30-31/h3,6-13,15-16H,4-5H2,1-2H3,(H,27,32). The number of amides is 1. The lowest BCUT2D eigenvalue weighted by atomic mass is 10.0. The number of hydrogen-bond acceptors (Lipinski definition) is 7. The lowest BCUT2D eigenvalue weighted by Crippen LogP contribution is -2.27. The van der Waals surface area contributed by atoms with Crippen LogP contribution in [0.5, 0.6) is 0 Å². The molecule has 1 fully saturated rings. The second kappa shape index (κ2) is 8.26. The molecule has 0 bridgehead atoms. The summed E-state index contributed by atoms with van der Waals surface area (Å²) in [6.45, 7) is 3.86. The zero-order chi connectivity index (χ0) is 22.1. The van der Waals surface area contributed by atoms with Gasteiger partial charge in [0.1, 0.15) is 0 Å². The monoisotopic (exact) mass is 426 g/mol. The Kier molecular flexibility index (Phi) is 5.14. The molecule has 4 aromatic rings. The van der Waals surface area contributed by atoms with Crippen LogP contribution in [0, 0.1) is 6.92 Å². The van der Waals surface area contributed by atoms with Gasteiger partial charge in [0.05, 0.1) is 29.3 Å². The number of rotatable bonds is 6. The van der Waals surface area contributed by atoms with Crippen LogP contribution >= 0.6 is 0 Å². The average molecular weight is 426 g/mol. The average Bonchev–Trinajstić information content (AvgIpc) is 3.55. The van der Waals surface area contributed by atoms with Crippen molar-refractivity contribution in [2.24, 2.45) is 0 Å². The van der Waals surface area contributed by atoms with Gasteiger partial charge >= 0.3 is 0 Å². The molecule has 1 amide bonds. The van der Waals surface area contributed by atoms with Crippen molar-refractivity contribution in [3.63, 3.8) is 0 Å². The first-order valence-electron chi connectivity index (χ1n) is 10.5. The van der Waals surface area contributed by atoms with Crippen molar-refractivity contribution in [1.82, 2.24) is 40.5 Å². The quantitative estimate of drug-likeness (QED) is 0.504. The number of tetrazole rings is 1. The summed E-state index contributed by atoms with van der Waals surface area (Å²) in [6, 6.07) is 9.25. The minimum Gasteiger partial charge on any atom is -0.344 e. The molecule has 9 heteroatoms. The first kappa shape index (κ1) is 19.9. The summed E-state index contributed by atoms with van der Waals surface area (Å²) in [5, 5.41) is 15.3. The number of pyridine rings is 1. The third-order valence-electron chi connectivity index (χ3n) is 5.44. The Balaban J connectivity index is 1.53. The van der Waals surface area contributed by atoms with Crippen LogP contribution in [0.3, 0.4) is 0 Å². The molecule has 0 radical (unpaired) electrons. The Labute approximate surface area is 185 Å². The van der Waals surface area contributed by atoms with Gasteiger partial charge in [-0.05, 0) is 66.9 Å². The second-order valence-electron chi connectivity index (χ2n) is 8.04. The molecule has 1 aliphatic rings. The maximum absolute atomic E-state index is 13.2. The third-order valence-corrected chi connectivity index (χ3v) is 5.44. The van der Waals surface area contributed by atoms with E-state index in [9.17, 15) is 4.79 Å². The van der Waals surface area contributed by atoms with Crippen LogP contribution in [0.15, 0.2) is 55.1 Å². The lowest BCUT2D eigenvalue weighted by Gasteiger charge is -2.15.